The number of nitrogens with zero attached hydrogens (tertiary/aromatic N) is 4. The number of amides is 2. The standard InChI is InChI=1S/C25H23F2N5O4/c1-35-8-9-36-22-5-3-17(13-30-22)16-2-4-21-20(10-16)19(6-7-29-21)24(34)31-14-23(33)32-15-25(26,27)11-18(32)12-28/h2-7,10,13,18H,8-9,11,14-15H2,1H3,(H,31,34). The second kappa shape index (κ2) is 10.6. The van der Waals surface area contributed by atoms with Crippen molar-refractivity contribution in [3.63, 3.8) is 0 Å². The Hall–Kier alpha value is -4.17. The highest BCUT2D eigenvalue weighted by Crippen LogP contribution is 2.31. The molecule has 1 aromatic carbocycles. The third kappa shape index (κ3) is 5.55. The van der Waals surface area contributed by atoms with Crippen LogP contribution < -0.4 is 10.1 Å². The van der Waals surface area contributed by atoms with Crippen LogP contribution in [0.4, 0.5) is 8.78 Å². The minimum absolute atomic E-state index is 0.269. The second-order valence-corrected chi connectivity index (χ2v) is 8.23. The summed E-state index contributed by atoms with van der Waals surface area (Å²) in [6, 6.07) is 11.0. The maximum absolute atomic E-state index is 13.6. The van der Waals surface area contributed by atoms with Gasteiger partial charge in [-0.3, -0.25) is 14.6 Å². The fraction of sp³-hybridized carbons (Fsp3) is 0.320. The van der Waals surface area contributed by atoms with Crippen LogP contribution in [0.1, 0.15) is 16.8 Å². The number of nitrogens with one attached hydrogen (secondary N) is 1. The maximum Gasteiger partial charge on any atom is 0.268 e. The largest absolute Gasteiger partial charge is 0.475 e. The fourth-order valence-electron chi connectivity index (χ4n) is 3.94. The molecule has 0 aliphatic carbocycles. The van der Waals surface area contributed by atoms with E-state index in [1.54, 1.807) is 37.6 Å². The summed E-state index contributed by atoms with van der Waals surface area (Å²) in [7, 11) is 1.58. The number of nitriles is 1. The van der Waals surface area contributed by atoms with E-state index in [1.807, 2.05) is 12.1 Å². The van der Waals surface area contributed by atoms with E-state index in [0.717, 1.165) is 16.0 Å². The molecule has 1 N–H and O–H groups in total. The van der Waals surface area contributed by atoms with E-state index in [2.05, 4.69) is 15.3 Å². The smallest absolute Gasteiger partial charge is 0.268 e. The summed E-state index contributed by atoms with van der Waals surface area (Å²) in [4.78, 5) is 34.7. The van der Waals surface area contributed by atoms with Crippen molar-refractivity contribution in [1.82, 2.24) is 20.2 Å². The zero-order chi connectivity index (χ0) is 25.7. The van der Waals surface area contributed by atoms with Gasteiger partial charge in [0.2, 0.25) is 11.8 Å². The Balaban J connectivity index is 1.49. The molecule has 2 aromatic heterocycles. The topological polar surface area (TPSA) is 117 Å². The van der Waals surface area contributed by atoms with Gasteiger partial charge in [-0.05, 0) is 29.8 Å². The highest BCUT2D eigenvalue weighted by Gasteiger charge is 2.47. The highest BCUT2D eigenvalue weighted by atomic mass is 19.3. The molecule has 11 heteroatoms. The van der Waals surface area contributed by atoms with Gasteiger partial charge >= 0.3 is 0 Å². The van der Waals surface area contributed by atoms with Gasteiger partial charge in [-0.1, -0.05) is 6.07 Å². The Kier molecular flexibility index (Phi) is 7.36. The minimum atomic E-state index is -3.12. The molecule has 1 atom stereocenters. The SMILES string of the molecule is COCCOc1ccc(-c2ccc3nccc(C(=O)NCC(=O)N4CC(F)(F)CC4C#N)c3c2)cn1. The van der Waals surface area contributed by atoms with E-state index >= 15 is 0 Å². The number of halogens is 2. The summed E-state index contributed by atoms with van der Waals surface area (Å²) in [5.74, 6) is -3.98. The van der Waals surface area contributed by atoms with Crippen LogP contribution in [0.2, 0.25) is 0 Å². The number of carbonyl (C=O) groups is 2. The van der Waals surface area contributed by atoms with Crippen LogP contribution in [0, 0.1) is 11.3 Å². The molecule has 0 spiro atoms. The number of fused-ring (bicyclic) bond motifs is 1. The van der Waals surface area contributed by atoms with Gasteiger partial charge in [-0.25, -0.2) is 13.8 Å². The molecule has 3 heterocycles. The van der Waals surface area contributed by atoms with Crippen molar-refractivity contribution in [3.8, 4) is 23.1 Å². The average molecular weight is 495 g/mol. The monoisotopic (exact) mass is 495 g/mol. The molecular weight excluding hydrogens is 472 g/mol. The number of carbonyl (C=O) groups excluding carboxylic acids is 2. The van der Waals surface area contributed by atoms with E-state index in [-0.39, 0.29) is 5.56 Å². The van der Waals surface area contributed by atoms with Gasteiger partial charge in [0.05, 0.1) is 36.8 Å². The Morgan fingerprint density at radius 3 is 2.72 bits per heavy atom. The van der Waals surface area contributed by atoms with Crippen molar-refractivity contribution in [1.29, 1.82) is 5.26 Å². The Morgan fingerprint density at radius 1 is 1.19 bits per heavy atom. The number of rotatable bonds is 8. The zero-order valence-corrected chi connectivity index (χ0v) is 19.4. The maximum atomic E-state index is 13.6. The lowest BCUT2D eigenvalue weighted by atomic mass is 10.0. The van der Waals surface area contributed by atoms with E-state index in [9.17, 15) is 18.4 Å². The minimum Gasteiger partial charge on any atom is -0.475 e. The molecule has 0 saturated carbocycles. The number of hydrogen-bond acceptors (Lipinski definition) is 7. The highest BCUT2D eigenvalue weighted by molar-refractivity contribution is 6.07. The number of alkyl halides is 2. The Morgan fingerprint density at radius 2 is 2.00 bits per heavy atom. The van der Waals surface area contributed by atoms with Crippen LogP contribution in [-0.2, 0) is 9.53 Å². The lowest BCUT2D eigenvalue weighted by Crippen LogP contribution is -2.43. The first-order valence-corrected chi connectivity index (χ1v) is 11.1. The molecule has 9 nitrogen and oxygen atoms in total. The summed E-state index contributed by atoms with van der Waals surface area (Å²) in [6.07, 6.45) is 2.41. The molecule has 0 radical (unpaired) electrons. The summed E-state index contributed by atoms with van der Waals surface area (Å²) in [6.45, 7) is -0.527. The lowest BCUT2D eigenvalue weighted by molar-refractivity contribution is -0.131. The number of methoxy groups -OCH3 is 1. The van der Waals surface area contributed by atoms with Crippen molar-refractivity contribution < 1.29 is 27.8 Å². The van der Waals surface area contributed by atoms with Gasteiger partial charge in [0.1, 0.15) is 12.6 Å². The van der Waals surface area contributed by atoms with Gasteiger partial charge in [0.15, 0.2) is 0 Å². The Labute approximate surface area is 205 Å². The quantitative estimate of drug-likeness (QED) is 0.478. The first-order chi connectivity index (χ1) is 17.3. The number of aromatic nitrogens is 2. The molecule has 1 aliphatic heterocycles. The molecule has 4 rings (SSSR count). The number of likely N-dealkylation sites (tertiary alicyclic amines) is 1. The van der Waals surface area contributed by atoms with Gasteiger partial charge in [-0.2, -0.15) is 5.26 Å². The molecule has 186 valence electrons. The van der Waals surface area contributed by atoms with Crippen LogP contribution in [0.15, 0.2) is 48.8 Å². The molecule has 1 fully saturated rings. The summed E-state index contributed by atoms with van der Waals surface area (Å²) in [5, 5.41) is 12.1. The molecule has 1 saturated heterocycles. The summed E-state index contributed by atoms with van der Waals surface area (Å²) < 4.78 is 37.7. The number of ether oxygens (including phenoxy) is 2. The summed E-state index contributed by atoms with van der Waals surface area (Å²) in [5.41, 5.74) is 2.41. The summed E-state index contributed by atoms with van der Waals surface area (Å²) >= 11 is 0. The normalized spacial score (nSPS) is 16.5. The molecule has 0 bridgehead atoms. The van der Waals surface area contributed by atoms with E-state index in [1.165, 1.54) is 12.3 Å². The van der Waals surface area contributed by atoms with Crippen LogP contribution in [0.3, 0.4) is 0 Å². The second-order valence-electron chi connectivity index (χ2n) is 8.23. The van der Waals surface area contributed by atoms with Gasteiger partial charge in [-0.15, -0.1) is 0 Å². The molecule has 36 heavy (non-hydrogen) atoms. The third-order valence-corrected chi connectivity index (χ3v) is 5.73. The molecule has 1 aliphatic rings. The lowest BCUT2D eigenvalue weighted by Gasteiger charge is -2.19. The zero-order valence-electron chi connectivity index (χ0n) is 19.4. The van der Waals surface area contributed by atoms with Crippen molar-refractivity contribution >= 4 is 22.7 Å². The van der Waals surface area contributed by atoms with Crippen LogP contribution in [-0.4, -0.2) is 72.1 Å². The third-order valence-electron chi connectivity index (χ3n) is 5.73. The van der Waals surface area contributed by atoms with Gasteiger partial charge in [0.25, 0.3) is 11.8 Å². The van der Waals surface area contributed by atoms with Gasteiger partial charge < -0.3 is 19.7 Å². The molecule has 1 unspecified atom stereocenters. The van der Waals surface area contributed by atoms with Crippen molar-refractivity contribution in [2.75, 3.05) is 33.4 Å². The first-order valence-electron chi connectivity index (χ1n) is 11.1. The van der Waals surface area contributed by atoms with E-state index < -0.39 is 43.3 Å². The van der Waals surface area contributed by atoms with Crippen molar-refractivity contribution in [3.05, 3.63) is 54.4 Å². The molecule has 2 amide bonds. The Bertz CT molecular complexity index is 1310. The first kappa shape index (κ1) is 24.9. The van der Waals surface area contributed by atoms with Crippen LogP contribution in [0.25, 0.3) is 22.0 Å². The van der Waals surface area contributed by atoms with Crippen LogP contribution >= 0.6 is 0 Å². The predicted octanol–water partition coefficient (Wildman–Crippen LogP) is 2.81. The number of hydrogen-bond donors (Lipinski definition) is 1. The number of pyridine rings is 2. The van der Waals surface area contributed by atoms with Gasteiger partial charge in [0, 0.05) is 42.9 Å². The average Bonchev–Trinajstić information content (AvgIpc) is 3.21. The van der Waals surface area contributed by atoms with E-state index in [4.69, 9.17) is 14.7 Å². The van der Waals surface area contributed by atoms with Crippen molar-refractivity contribution in [2.45, 2.75) is 18.4 Å². The fourth-order valence-corrected chi connectivity index (χ4v) is 3.94. The van der Waals surface area contributed by atoms with Crippen LogP contribution in [0.5, 0.6) is 5.88 Å². The molecular formula is C25H23F2N5O4. The predicted molar refractivity (Wildman–Crippen MR) is 125 cm³/mol. The van der Waals surface area contributed by atoms with Crippen molar-refractivity contribution in [2.24, 2.45) is 0 Å². The molecule has 3 aromatic rings. The van der Waals surface area contributed by atoms with E-state index in [0.29, 0.717) is 30.0 Å². The number of benzene rings is 1.